The number of hydrogen-bond acceptors (Lipinski definition) is 1. The molecule has 2 nitrogen and oxygen atoms in total. The first-order valence-electron chi connectivity index (χ1n) is 9.68. The van der Waals surface area contributed by atoms with Crippen LogP contribution in [-0.4, -0.2) is 40.8 Å². The summed E-state index contributed by atoms with van der Waals surface area (Å²) in [4.78, 5) is 0. The van der Waals surface area contributed by atoms with E-state index in [1.807, 2.05) is 0 Å². The number of quaternary nitrogens is 1. The molecule has 0 fully saturated rings. The Hall–Kier alpha value is -0.136. The lowest BCUT2D eigenvalue weighted by molar-refractivity contribution is -0.936. The van der Waals surface area contributed by atoms with Crippen LogP contribution in [0.25, 0.3) is 0 Å². The third-order valence-electron chi connectivity index (χ3n) is 5.15. The number of benzene rings is 1. The van der Waals surface area contributed by atoms with Crippen molar-refractivity contribution in [3.05, 3.63) is 35.4 Å². The van der Waals surface area contributed by atoms with E-state index in [1.165, 1.54) is 41.3 Å². The fraction of sp³-hybridized carbons (Fsp3) is 0.700. The highest BCUT2D eigenvalue weighted by molar-refractivity contribution is 6.84. The van der Waals surface area contributed by atoms with Crippen molar-refractivity contribution in [2.45, 2.75) is 72.5 Å². The van der Waals surface area contributed by atoms with E-state index in [1.54, 1.807) is 0 Å². The first-order chi connectivity index (χ1) is 11.0. The molecule has 25 heavy (non-hydrogen) atoms. The molecule has 0 spiro atoms. The Bertz CT molecular complexity index is 485. The molecule has 0 heterocycles. The van der Waals surface area contributed by atoms with E-state index in [0.29, 0.717) is 0 Å². The quantitative estimate of drug-likeness (QED) is 0.432. The van der Waals surface area contributed by atoms with Gasteiger partial charge in [0.05, 0.1) is 19.6 Å². The van der Waals surface area contributed by atoms with Gasteiger partial charge in [-0.15, -0.1) is 0 Å². The predicted molar refractivity (Wildman–Crippen MR) is 112 cm³/mol. The van der Waals surface area contributed by atoms with Gasteiger partial charge in [0, 0.05) is 5.56 Å². The lowest BCUT2D eigenvalue weighted by Crippen LogP contribution is -3.00. The van der Waals surface area contributed by atoms with Crippen molar-refractivity contribution < 1.29 is 21.0 Å². The first-order valence-corrected chi connectivity index (χ1v) is 16.2. The van der Waals surface area contributed by atoms with Crippen molar-refractivity contribution in [1.82, 2.24) is 0 Å². The summed E-state index contributed by atoms with van der Waals surface area (Å²) in [6.45, 7) is 23.4. The number of aryl methyl sites for hydroxylation is 1. The van der Waals surface area contributed by atoms with Crippen LogP contribution >= 0.6 is 0 Å². The molecular weight excluding hydrogens is 362 g/mol. The average molecular weight is 402 g/mol. The number of rotatable bonds is 10. The summed E-state index contributed by atoms with van der Waals surface area (Å²) in [6, 6.07) is 10.6. The lowest BCUT2D eigenvalue weighted by atomic mass is 10.1. The standard InChI is InChI=1S/C20H40NOSi2.ClH/c1-9-21(10-2,11-3)18-20-14-12-19(13-15-20)16-17-24(7,8)22-23(4,5)6;/h12-15H,9-11,16-18H2,1-8H3;1H/q+1;/p-1. The molecule has 0 bridgehead atoms. The molecule has 0 aliphatic carbocycles. The molecule has 1 aromatic rings. The molecule has 0 atom stereocenters. The van der Waals surface area contributed by atoms with E-state index in [-0.39, 0.29) is 12.4 Å². The lowest BCUT2D eigenvalue weighted by Gasteiger charge is -2.36. The van der Waals surface area contributed by atoms with Gasteiger partial charge in [-0.3, -0.25) is 0 Å². The summed E-state index contributed by atoms with van der Waals surface area (Å²) in [7, 11) is -2.95. The van der Waals surface area contributed by atoms with Crippen LogP contribution in [0.4, 0.5) is 0 Å². The Balaban J connectivity index is 0.00000576. The molecule has 146 valence electrons. The van der Waals surface area contributed by atoms with E-state index < -0.39 is 16.6 Å². The highest BCUT2D eigenvalue weighted by atomic mass is 35.5. The highest BCUT2D eigenvalue weighted by Gasteiger charge is 2.29. The largest absolute Gasteiger partial charge is 1.00 e. The van der Waals surface area contributed by atoms with E-state index in [4.69, 9.17) is 4.12 Å². The molecular formula is C20H40ClNOSi2. The molecule has 0 aliphatic heterocycles. The topological polar surface area (TPSA) is 9.23 Å². The number of halogens is 1. The van der Waals surface area contributed by atoms with E-state index in [2.05, 4.69) is 77.8 Å². The zero-order valence-corrected chi connectivity index (χ0v) is 20.5. The Kier molecular flexibility index (Phi) is 10.2. The van der Waals surface area contributed by atoms with Crippen molar-refractivity contribution >= 4 is 16.6 Å². The Morgan fingerprint density at radius 1 is 0.800 bits per heavy atom. The second-order valence-electron chi connectivity index (χ2n) is 8.74. The van der Waals surface area contributed by atoms with Gasteiger partial charge >= 0.3 is 0 Å². The summed E-state index contributed by atoms with van der Waals surface area (Å²) < 4.78 is 7.64. The SMILES string of the molecule is CC[N+](CC)(CC)Cc1ccc(CC[Si](C)(C)O[Si](C)(C)C)cc1.[Cl-]. The van der Waals surface area contributed by atoms with Crippen molar-refractivity contribution in [3.63, 3.8) is 0 Å². The summed E-state index contributed by atoms with van der Waals surface area (Å²) in [5.74, 6) is 0. The third kappa shape index (κ3) is 8.87. The van der Waals surface area contributed by atoms with Gasteiger partial charge in [0.25, 0.3) is 0 Å². The van der Waals surface area contributed by atoms with E-state index >= 15 is 0 Å². The van der Waals surface area contributed by atoms with Gasteiger partial charge in [-0.2, -0.15) is 0 Å². The van der Waals surface area contributed by atoms with Crippen molar-refractivity contribution in [2.24, 2.45) is 0 Å². The normalized spacial score (nSPS) is 12.8. The van der Waals surface area contributed by atoms with Gasteiger partial charge in [-0.1, -0.05) is 24.3 Å². The minimum atomic E-state index is -1.53. The van der Waals surface area contributed by atoms with Crippen molar-refractivity contribution in [3.8, 4) is 0 Å². The maximum Gasteiger partial charge on any atom is 0.173 e. The molecule has 0 amide bonds. The van der Waals surface area contributed by atoms with Gasteiger partial charge in [0.1, 0.15) is 6.54 Å². The molecule has 1 rings (SSSR count). The van der Waals surface area contributed by atoms with Crippen LogP contribution in [0.2, 0.25) is 38.8 Å². The molecule has 5 heteroatoms. The fourth-order valence-electron chi connectivity index (χ4n) is 3.53. The predicted octanol–water partition coefficient (Wildman–Crippen LogP) is 2.67. The smallest absolute Gasteiger partial charge is 0.173 e. The van der Waals surface area contributed by atoms with Crippen LogP contribution in [0, 0.1) is 0 Å². The van der Waals surface area contributed by atoms with E-state index in [9.17, 15) is 0 Å². The monoisotopic (exact) mass is 401 g/mol. The summed E-state index contributed by atoms with van der Waals surface area (Å²) in [5.41, 5.74) is 2.93. The Morgan fingerprint density at radius 2 is 1.24 bits per heavy atom. The van der Waals surface area contributed by atoms with Crippen LogP contribution < -0.4 is 12.4 Å². The van der Waals surface area contributed by atoms with Gasteiger partial charge in [0.2, 0.25) is 0 Å². The second kappa shape index (κ2) is 10.3. The van der Waals surface area contributed by atoms with Crippen molar-refractivity contribution in [2.75, 3.05) is 19.6 Å². The molecule has 0 N–H and O–H groups in total. The molecule has 0 aromatic heterocycles. The van der Waals surface area contributed by atoms with Gasteiger partial charge in [-0.25, -0.2) is 0 Å². The fourth-order valence-corrected chi connectivity index (χ4v) is 11.5. The van der Waals surface area contributed by atoms with Crippen LogP contribution in [0.1, 0.15) is 31.9 Å². The molecule has 1 aromatic carbocycles. The Labute approximate surface area is 165 Å². The highest BCUT2D eigenvalue weighted by Crippen LogP contribution is 2.21. The zero-order chi connectivity index (χ0) is 18.4. The summed E-state index contributed by atoms with van der Waals surface area (Å²) in [5, 5.41) is 0. The van der Waals surface area contributed by atoms with Crippen molar-refractivity contribution in [1.29, 1.82) is 0 Å². The zero-order valence-electron chi connectivity index (χ0n) is 17.8. The minimum Gasteiger partial charge on any atom is -1.00 e. The van der Waals surface area contributed by atoms with Gasteiger partial charge in [-0.05, 0) is 71.5 Å². The number of nitrogens with zero attached hydrogens (tertiary/aromatic N) is 1. The van der Waals surface area contributed by atoms with Crippen LogP contribution in [0.3, 0.4) is 0 Å². The average Bonchev–Trinajstić information content (AvgIpc) is 2.50. The molecule has 0 aliphatic rings. The number of hydrogen-bond donors (Lipinski definition) is 0. The van der Waals surface area contributed by atoms with Crippen LogP contribution in [-0.2, 0) is 17.1 Å². The summed E-state index contributed by atoms with van der Waals surface area (Å²) >= 11 is 0. The third-order valence-corrected chi connectivity index (χ3v) is 11.3. The van der Waals surface area contributed by atoms with E-state index in [0.717, 1.165) is 13.0 Å². The summed E-state index contributed by atoms with van der Waals surface area (Å²) in [6.07, 6.45) is 1.15. The molecule has 0 saturated carbocycles. The maximum atomic E-state index is 6.46. The van der Waals surface area contributed by atoms with Gasteiger partial charge < -0.3 is 21.0 Å². The molecule has 0 saturated heterocycles. The first kappa shape index (κ1) is 24.9. The molecule has 0 radical (unpaired) electrons. The minimum absolute atomic E-state index is 0. The Morgan fingerprint density at radius 3 is 1.64 bits per heavy atom. The van der Waals surface area contributed by atoms with Crippen LogP contribution in [0.15, 0.2) is 24.3 Å². The van der Waals surface area contributed by atoms with Gasteiger partial charge in [0.15, 0.2) is 16.6 Å². The maximum absolute atomic E-state index is 6.46. The van der Waals surface area contributed by atoms with Crippen LogP contribution in [0.5, 0.6) is 0 Å². The molecule has 0 unspecified atom stereocenters. The second-order valence-corrected chi connectivity index (χ2v) is 17.8.